The Morgan fingerprint density at radius 3 is 1.67 bits per heavy atom. The van der Waals surface area contributed by atoms with Crippen molar-refractivity contribution in [3.05, 3.63) is 222 Å². The van der Waals surface area contributed by atoms with Crippen LogP contribution in [-0.4, -0.2) is 4.57 Å². The third-order valence-corrected chi connectivity index (χ3v) is 12.2. The molecule has 0 fully saturated rings. The van der Waals surface area contributed by atoms with E-state index in [9.17, 15) is 0 Å². The van der Waals surface area contributed by atoms with Crippen LogP contribution >= 0.6 is 0 Å². The zero-order chi connectivity index (χ0) is 35.4. The van der Waals surface area contributed by atoms with Crippen LogP contribution in [0.2, 0.25) is 0 Å². The van der Waals surface area contributed by atoms with Crippen molar-refractivity contribution in [1.82, 2.24) is 4.57 Å². The number of benzene rings is 9. The maximum absolute atomic E-state index is 2.48. The first-order valence-electron chi connectivity index (χ1n) is 18.8. The Morgan fingerprint density at radius 1 is 0.315 bits per heavy atom. The lowest BCUT2D eigenvalue weighted by Crippen LogP contribution is -2.26. The second-order valence-corrected chi connectivity index (χ2v) is 14.8. The molecule has 1 heterocycles. The van der Waals surface area contributed by atoms with Gasteiger partial charge in [0.1, 0.15) is 0 Å². The molecule has 9 aromatic carbocycles. The topological polar surface area (TPSA) is 4.93 Å². The minimum absolute atomic E-state index is 0.454. The Hall–Kier alpha value is -6.96. The molecule has 1 heteroatoms. The first kappa shape index (κ1) is 29.6. The van der Waals surface area contributed by atoms with Crippen LogP contribution in [0.15, 0.2) is 200 Å². The van der Waals surface area contributed by atoms with Gasteiger partial charge in [0.15, 0.2) is 0 Å². The number of para-hydroxylation sites is 2. The van der Waals surface area contributed by atoms with Crippen molar-refractivity contribution in [3.63, 3.8) is 0 Å². The highest BCUT2D eigenvalue weighted by atomic mass is 15.0. The van der Waals surface area contributed by atoms with Crippen LogP contribution in [0.25, 0.3) is 82.8 Å². The van der Waals surface area contributed by atoms with E-state index in [1.54, 1.807) is 0 Å². The van der Waals surface area contributed by atoms with Crippen LogP contribution in [0.1, 0.15) is 22.3 Å². The third kappa shape index (κ3) is 3.88. The van der Waals surface area contributed by atoms with Crippen LogP contribution in [0.5, 0.6) is 0 Å². The van der Waals surface area contributed by atoms with E-state index in [0.717, 1.165) is 0 Å². The number of fused-ring (bicyclic) bond motifs is 15. The first-order valence-corrected chi connectivity index (χ1v) is 18.8. The van der Waals surface area contributed by atoms with E-state index in [2.05, 4.69) is 205 Å². The molecular weight excluding hydrogens is 651 g/mol. The molecule has 12 rings (SSSR count). The molecule has 0 N–H and O–H groups in total. The van der Waals surface area contributed by atoms with Crippen LogP contribution in [0, 0.1) is 0 Å². The molecular formula is C53H33N. The minimum atomic E-state index is -0.454. The number of hydrogen-bond acceptors (Lipinski definition) is 0. The third-order valence-electron chi connectivity index (χ3n) is 12.2. The summed E-state index contributed by atoms with van der Waals surface area (Å²) in [6, 6.07) is 74.6. The van der Waals surface area contributed by atoms with Gasteiger partial charge in [-0.15, -0.1) is 0 Å². The summed E-state index contributed by atoms with van der Waals surface area (Å²) in [5.41, 5.74) is 18.8. The summed E-state index contributed by atoms with van der Waals surface area (Å²) in [4.78, 5) is 0. The van der Waals surface area contributed by atoms with Crippen LogP contribution in [0.4, 0.5) is 0 Å². The van der Waals surface area contributed by atoms with Gasteiger partial charge in [-0.2, -0.15) is 0 Å². The number of aromatic nitrogens is 1. The van der Waals surface area contributed by atoms with Gasteiger partial charge in [0, 0.05) is 16.5 Å². The lowest BCUT2D eigenvalue weighted by Gasteiger charge is -2.32. The van der Waals surface area contributed by atoms with E-state index in [1.165, 1.54) is 105 Å². The number of hydrogen-bond donors (Lipinski definition) is 0. The Labute approximate surface area is 314 Å². The van der Waals surface area contributed by atoms with Crippen molar-refractivity contribution in [2.24, 2.45) is 0 Å². The van der Waals surface area contributed by atoms with Crippen molar-refractivity contribution in [3.8, 4) is 50.2 Å². The van der Waals surface area contributed by atoms with Crippen LogP contribution < -0.4 is 0 Å². The van der Waals surface area contributed by atoms with Gasteiger partial charge in [0.25, 0.3) is 0 Å². The van der Waals surface area contributed by atoms with E-state index in [0.29, 0.717) is 0 Å². The summed E-state index contributed by atoms with van der Waals surface area (Å²) in [6.07, 6.45) is 0. The molecule has 0 atom stereocenters. The Bertz CT molecular complexity index is 3100. The van der Waals surface area contributed by atoms with Gasteiger partial charge in [0.2, 0.25) is 0 Å². The maximum atomic E-state index is 2.48. The van der Waals surface area contributed by atoms with E-state index in [1.807, 2.05) is 0 Å². The molecule has 0 bridgehead atoms. The molecule has 54 heavy (non-hydrogen) atoms. The summed E-state index contributed by atoms with van der Waals surface area (Å²) in [6.45, 7) is 0. The molecule has 0 amide bonds. The number of nitrogens with zero attached hydrogens (tertiary/aromatic N) is 1. The standard InChI is InChI=1S/C53H33N/c1-3-13-34(14-4-1)37-26-28-42-45-30-25-35-23-24-36(38-27-29-44-43-19-9-12-22-50(43)54(51(44)33-38)39-15-5-2-6-16-39)31-46(35)52(45)53(49(42)32-37)47-20-10-7-17-40(47)41-18-8-11-21-48(41)53/h1-33H. The Morgan fingerprint density at radius 2 is 0.870 bits per heavy atom. The molecule has 0 radical (unpaired) electrons. The second-order valence-electron chi connectivity index (χ2n) is 14.8. The molecule has 2 aliphatic carbocycles. The lowest BCUT2D eigenvalue weighted by atomic mass is 9.69. The van der Waals surface area contributed by atoms with Crippen molar-refractivity contribution in [2.75, 3.05) is 0 Å². The van der Waals surface area contributed by atoms with Gasteiger partial charge in [-0.3, -0.25) is 0 Å². The van der Waals surface area contributed by atoms with Crippen LogP contribution in [0.3, 0.4) is 0 Å². The lowest BCUT2D eigenvalue weighted by molar-refractivity contribution is 0.801. The highest BCUT2D eigenvalue weighted by Gasteiger charge is 2.52. The summed E-state index contributed by atoms with van der Waals surface area (Å²) in [5, 5.41) is 5.10. The highest BCUT2D eigenvalue weighted by Crippen LogP contribution is 2.64. The minimum Gasteiger partial charge on any atom is -0.309 e. The maximum Gasteiger partial charge on any atom is 0.0731 e. The molecule has 0 saturated carbocycles. The molecule has 0 unspecified atom stereocenters. The summed E-state index contributed by atoms with van der Waals surface area (Å²) >= 11 is 0. The summed E-state index contributed by atoms with van der Waals surface area (Å²) in [5.74, 6) is 0. The SMILES string of the molecule is c1ccc(-c2ccc3c(c2)C2(c4ccccc4-c4ccccc42)c2c-3ccc3ccc(-c4ccc5c6ccccc6n(-c6ccccc6)c5c4)cc23)cc1. The van der Waals surface area contributed by atoms with Gasteiger partial charge >= 0.3 is 0 Å². The largest absolute Gasteiger partial charge is 0.309 e. The highest BCUT2D eigenvalue weighted by molar-refractivity contribution is 6.11. The predicted molar refractivity (Wildman–Crippen MR) is 225 cm³/mol. The van der Waals surface area contributed by atoms with E-state index in [4.69, 9.17) is 0 Å². The predicted octanol–water partition coefficient (Wildman–Crippen LogP) is 13.6. The smallest absolute Gasteiger partial charge is 0.0731 e. The van der Waals surface area contributed by atoms with Crippen molar-refractivity contribution in [2.45, 2.75) is 5.41 Å². The van der Waals surface area contributed by atoms with Crippen molar-refractivity contribution in [1.29, 1.82) is 0 Å². The van der Waals surface area contributed by atoms with Gasteiger partial charge in [-0.25, -0.2) is 0 Å². The molecule has 0 saturated heterocycles. The van der Waals surface area contributed by atoms with Gasteiger partial charge < -0.3 is 4.57 Å². The normalized spacial score (nSPS) is 13.3. The molecule has 1 aromatic heterocycles. The van der Waals surface area contributed by atoms with Gasteiger partial charge in [-0.05, 0) is 114 Å². The zero-order valence-electron chi connectivity index (χ0n) is 29.5. The summed E-state index contributed by atoms with van der Waals surface area (Å²) < 4.78 is 2.41. The van der Waals surface area contributed by atoms with Gasteiger partial charge in [-0.1, -0.05) is 164 Å². The van der Waals surface area contributed by atoms with Crippen molar-refractivity contribution < 1.29 is 0 Å². The zero-order valence-corrected chi connectivity index (χ0v) is 29.5. The van der Waals surface area contributed by atoms with E-state index in [-0.39, 0.29) is 0 Å². The average Bonchev–Trinajstić information content (AvgIpc) is 3.85. The molecule has 2 aliphatic rings. The fraction of sp³-hybridized carbons (Fsp3) is 0.0189. The Balaban J connectivity index is 1.15. The quantitative estimate of drug-likeness (QED) is 0.175. The molecule has 10 aromatic rings. The number of rotatable bonds is 3. The van der Waals surface area contributed by atoms with E-state index >= 15 is 0 Å². The Kier molecular flexibility index (Phi) is 6.04. The monoisotopic (exact) mass is 683 g/mol. The fourth-order valence-electron chi connectivity index (χ4n) is 9.96. The average molecular weight is 684 g/mol. The first-order chi connectivity index (χ1) is 26.8. The molecule has 250 valence electrons. The molecule has 0 aliphatic heterocycles. The fourth-order valence-corrected chi connectivity index (χ4v) is 9.96. The second kappa shape index (κ2) is 11.0. The van der Waals surface area contributed by atoms with Gasteiger partial charge in [0.05, 0.1) is 16.4 Å². The van der Waals surface area contributed by atoms with E-state index < -0.39 is 5.41 Å². The molecule has 1 nitrogen and oxygen atoms in total. The van der Waals surface area contributed by atoms with Crippen molar-refractivity contribution >= 4 is 32.6 Å². The summed E-state index contributed by atoms with van der Waals surface area (Å²) in [7, 11) is 0. The molecule has 1 spiro atoms. The van der Waals surface area contributed by atoms with Crippen LogP contribution in [-0.2, 0) is 5.41 Å².